The minimum atomic E-state index is -1.96. The molecule has 118 valence electrons. The zero-order chi connectivity index (χ0) is 16.2. The van der Waals surface area contributed by atoms with Gasteiger partial charge < -0.3 is 4.74 Å². The van der Waals surface area contributed by atoms with E-state index in [0.29, 0.717) is 16.6 Å². The fourth-order valence-corrected chi connectivity index (χ4v) is 11.7. The standard InChI is InChI=1S/C18H30O2Si/c1-13(2)21(14(3)4,15(5)6)17(18(19)20-7)16-11-9-8-10-12-16/h8-15,17H,1-7H3. The number of carbonyl (C=O) groups excluding carboxylic acids is 1. The van der Waals surface area contributed by atoms with Crippen molar-refractivity contribution in [2.45, 2.75) is 63.7 Å². The quantitative estimate of drug-likeness (QED) is 0.536. The number of hydrogen-bond acceptors (Lipinski definition) is 2. The van der Waals surface area contributed by atoms with E-state index in [1.165, 1.54) is 7.11 Å². The van der Waals surface area contributed by atoms with Crippen molar-refractivity contribution in [3.05, 3.63) is 35.9 Å². The van der Waals surface area contributed by atoms with Crippen LogP contribution in [0.3, 0.4) is 0 Å². The maximum Gasteiger partial charge on any atom is 0.310 e. The van der Waals surface area contributed by atoms with Gasteiger partial charge in [0.1, 0.15) is 0 Å². The fraction of sp³-hybridized carbons (Fsp3) is 0.611. The number of ether oxygens (including phenoxy) is 1. The third-order valence-corrected chi connectivity index (χ3v) is 12.6. The fourth-order valence-electron chi connectivity index (χ4n) is 4.39. The van der Waals surface area contributed by atoms with E-state index in [2.05, 4.69) is 53.7 Å². The van der Waals surface area contributed by atoms with Crippen LogP contribution in [0.5, 0.6) is 0 Å². The molecule has 21 heavy (non-hydrogen) atoms. The molecule has 0 fully saturated rings. The van der Waals surface area contributed by atoms with Crippen LogP contribution in [-0.2, 0) is 9.53 Å². The maximum atomic E-state index is 12.7. The monoisotopic (exact) mass is 306 g/mol. The second-order valence-electron chi connectivity index (χ2n) is 6.83. The first-order chi connectivity index (χ1) is 9.79. The number of hydrogen-bond donors (Lipinski definition) is 0. The summed E-state index contributed by atoms with van der Waals surface area (Å²) in [4.78, 5) is 12.7. The third kappa shape index (κ3) is 3.23. The second-order valence-corrected chi connectivity index (χ2v) is 12.9. The van der Waals surface area contributed by atoms with Gasteiger partial charge in [-0.3, -0.25) is 4.79 Å². The topological polar surface area (TPSA) is 26.3 Å². The molecule has 1 aromatic rings. The summed E-state index contributed by atoms with van der Waals surface area (Å²) in [5.74, 6) is -0.0658. The zero-order valence-electron chi connectivity index (χ0n) is 14.5. The van der Waals surface area contributed by atoms with Crippen LogP contribution in [0.4, 0.5) is 0 Å². The average molecular weight is 307 g/mol. The first-order valence-corrected chi connectivity index (χ1v) is 10.2. The highest BCUT2D eigenvalue weighted by Crippen LogP contribution is 2.50. The molecule has 1 atom stereocenters. The van der Waals surface area contributed by atoms with Crippen LogP contribution in [0.2, 0.25) is 16.6 Å². The van der Waals surface area contributed by atoms with Gasteiger partial charge in [-0.1, -0.05) is 71.9 Å². The minimum Gasteiger partial charge on any atom is -0.469 e. The summed E-state index contributed by atoms with van der Waals surface area (Å²) in [5.41, 5.74) is 2.57. The Labute approximate surface area is 130 Å². The molecule has 0 aliphatic heterocycles. The molecule has 0 N–H and O–H groups in total. The van der Waals surface area contributed by atoms with Crippen LogP contribution >= 0.6 is 0 Å². The van der Waals surface area contributed by atoms with E-state index in [1.54, 1.807) is 0 Å². The van der Waals surface area contributed by atoms with Crippen LogP contribution in [0.25, 0.3) is 0 Å². The molecule has 0 amide bonds. The van der Waals surface area contributed by atoms with Crippen molar-refractivity contribution in [2.75, 3.05) is 7.11 Å². The third-order valence-electron chi connectivity index (χ3n) is 5.07. The first-order valence-electron chi connectivity index (χ1n) is 7.92. The Hall–Kier alpha value is -1.09. The maximum absolute atomic E-state index is 12.7. The lowest BCUT2D eigenvalue weighted by Gasteiger charge is -2.47. The van der Waals surface area contributed by atoms with Gasteiger partial charge in [-0.05, 0) is 22.2 Å². The molecule has 0 aliphatic rings. The largest absolute Gasteiger partial charge is 0.469 e. The van der Waals surface area contributed by atoms with Gasteiger partial charge in [0.2, 0.25) is 0 Å². The number of carbonyl (C=O) groups is 1. The predicted octanol–water partition coefficient (Wildman–Crippen LogP) is 5.16. The van der Waals surface area contributed by atoms with Gasteiger partial charge in [-0.25, -0.2) is 0 Å². The average Bonchev–Trinajstić information content (AvgIpc) is 2.43. The summed E-state index contributed by atoms with van der Waals surface area (Å²) in [7, 11) is -0.444. The molecule has 0 aromatic heterocycles. The van der Waals surface area contributed by atoms with Gasteiger partial charge in [-0.2, -0.15) is 0 Å². The Kier molecular flexibility index (Phi) is 6.20. The van der Waals surface area contributed by atoms with Gasteiger partial charge in [0.25, 0.3) is 0 Å². The summed E-state index contributed by atoms with van der Waals surface area (Å²) in [5, 5.41) is 0. The lowest BCUT2D eigenvalue weighted by atomic mass is 10.1. The molecule has 0 bridgehead atoms. The first kappa shape index (κ1) is 18.0. The van der Waals surface area contributed by atoms with Gasteiger partial charge in [0.15, 0.2) is 0 Å². The Morgan fingerprint density at radius 1 is 0.905 bits per heavy atom. The Bertz CT molecular complexity index is 430. The summed E-state index contributed by atoms with van der Waals surface area (Å²) >= 11 is 0. The molecular formula is C18H30O2Si. The van der Waals surface area contributed by atoms with Gasteiger partial charge in [-0.15, -0.1) is 0 Å². The van der Waals surface area contributed by atoms with Crippen LogP contribution in [0, 0.1) is 0 Å². The molecule has 1 unspecified atom stereocenters. The highest BCUT2D eigenvalue weighted by molar-refractivity contribution is 6.87. The molecule has 1 aromatic carbocycles. The Morgan fingerprint density at radius 3 is 1.67 bits per heavy atom. The van der Waals surface area contributed by atoms with Crippen molar-refractivity contribution < 1.29 is 9.53 Å². The molecule has 0 aliphatic carbocycles. The van der Waals surface area contributed by atoms with E-state index in [4.69, 9.17) is 4.74 Å². The summed E-state index contributed by atoms with van der Waals surface area (Å²) in [6, 6.07) is 10.2. The Morgan fingerprint density at radius 2 is 1.33 bits per heavy atom. The molecule has 2 nitrogen and oxygen atoms in total. The minimum absolute atomic E-state index is 0.0658. The SMILES string of the molecule is COC(=O)C(c1ccccc1)[Si](C(C)C)(C(C)C)C(C)C. The molecule has 0 heterocycles. The van der Waals surface area contributed by atoms with E-state index < -0.39 is 8.07 Å². The van der Waals surface area contributed by atoms with Gasteiger partial charge in [0, 0.05) is 0 Å². The van der Waals surface area contributed by atoms with Gasteiger partial charge >= 0.3 is 5.97 Å². The van der Waals surface area contributed by atoms with E-state index in [9.17, 15) is 4.79 Å². The van der Waals surface area contributed by atoms with Crippen LogP contribution < -0.4 is 0 Å². The molecule has 1 rings (SSSR count). The van der Waals surface area contributed by atoms with Crippen molar-refractivity contribution in [1.29, 1.82) is 0 Å². The van der Waals surface area contributed by atoms with Gasteiger partial charge in [0.05, 0.1) is 20.7 Å². The molecule has 3 heteroatoms. The number of methoxy groups -OCH3 is 1. The highest BCUT2D eigenvalue weighted by atomic mass is 28.3. The van der Waals surface area contributed by atoms with E-state index >= 15 is 0 Å². The molecule has 0 saturated heterocycles. The van der Waals surface area contributed by atoms with E-state index in [1.807, 2.05) is 18.2 Å². The number of rotatable bonds is 6. The molecule has 0 spiro atoms. The Balaban J connectivity index is 3.56. The number of esters is 1. The molecular weight excluding hydrogens is 276 g/mol. The second kappa shape index (κ2) is 7.26. The van der Waals surface area contributed by atoms with Crippen molar-refractivity contribution >= 4 is 14.0 Å². The summed E-state index contributed by atoms with van der Waals surface area (Å²) < 4.78 is 5.22. The molecule has 0 radical (unpaired) electrons. The summed E-state index contributed by atoms with van der Waals surface area (Å²) in [6.45, 7) is 13.7. The smallest absolute Gasteiger partial charge is 0.310 e. The molecule has 0 saturated carbocycles. The number of benzene rings is 1. The van der Waals surface area contributed by atoms with Crippen molar-refractivity contribution in [1.82, 2.24) is 0 Å². The van der Waals surface area contributed by atoms with Crippen molar-refractivity contribution in [3.8, 4) is 0 Å². The summed E-state index contributed by atoms with van der Waals surface area (Å²) in [6.07, 6.45) is 0. The van der Waals surface area contributed by atoms with Crippen LogP contribution in [0.1, 0.15) is 52.6 Å². The van der Waals surface area contributed by atoms with E-state index in [0.717, 1.165) is 5.56 Å². The lowest BCUT2D eigenvalue weighted by Crippen LogP contribution is -2.53. The highest BCUT2D eigenvalue weighted by Gasteiger charge is 2.53. The van der Waals surface area contributed by atoms with Crippen LogP contribution in [-0.4, -0.2) is 21.2 Å². The van der Waals surface area contributed by atoms with E-state index in [-0.39, 0.29) is 11.5 Å². The lowest BCUT2D eigenvalue weighted by molar-refractivity contribution is -0.140. The van der Waals surface area contributed by atoms with Crippen molar-refractivity contribution in [3.63, 3.8) is 0 Å². The van der Waals surface area contributed by atoms with Crippen LogP contribution in [0.15, 0.2) is 30.3 Å². The zero-order valence-corrected chi connectivity index (χ0v) is 15.5. The normalized spacial score (nSPS) is 13.8. The van der Waals surface area contributed by atoms with Crippen molar-refractivity contribution in [2.24, 2.45) is 0 Å². The predicted molar refractivity (Wildman–Crippen MR) is 92.2 cm³/mol.